The smallest absolute Gasteiger partial charge is 0.0972 e. The lowest BCUT2D eigenvalue weighted by molar-refractivity contribution is 0.653. The van der Waals surface area contributed by atoms with Gasteiger partial charge in [-0.25, -0.2) is 9.97 Å². The highest BCUT2D eigenvalue weighted by atomic mass is 32.1. The van der Waals surface area contributed by atoms with Gasteiger partial charge in [0.2, 0.25) is 0 Å². The molecule has 9 aromatic rings. The second-order valence-corrected chi connectivity index (χ2v) is 24.7. The molecular weight excluding hydrogens is 941 g/mol. The Morgan fingerprint density at radius 3 is 1.00 bits per heavy atom. The van der Waals surface area contributed by atoms with Crippen molar-refractivity contribution < 1.29 is 0 Å². The summed E-state index contributed by atoms with van der Waals surface area (Å²) in [5.41, 5.74) is 10.5. The third-order valence-electron chi connectivity index (χ3n) is 13.5. The third-order valence-corrected chi connectivity index (χ3v) is 20.8. The van der Waals surface area contributed by atoms with Crippen molar-refractivity contribution in [2.45, 2.75) is 156 Å². The first-order valence-corrected chi connectivity index (χ1v) is 30.9. The molecule has 0 saturated heterocycles. The van der Waals surface area contributed by atoms with Crippen LogP contribution in [0, 0.1) is 0 Å². The van der Waals surface area contributed by atoms with Crippen LogP contribution in [0.25, 0.3) is 82.0 Å². The molecule has 0 radical (unpaired) electrons. The van der Waals surface area contributed by atoms with E-state index in [1.54, 1.807) is 22.3 Å². The maximum absolute atomic E-state index is 5.47. The van der Waals surface area contributed by atoms with Gasteiger partial charge in [0.25, 0.3) is 0 Å². The Kier molecular flexibility index (Phi) is 17.7. The molecule has 0 saturated carbocycles. The fraction of sp³-hybridized carbons (Fsp3) is 0.400. The molecule has 8 aromatic heterocycles. The van der Waals surface area contributed by atoms with Crippen LogP contribution in [0.2, 0.25) is 0 Å². The van der Waals surface area contributed by atoms with Gasteiger partial charge < -0.3 is 0 Å². The molecule has 9 rings (SSSR count). The molecule has 0 aliphatic carbocycles. The van der Waals surface area contributed by atoms with Crippen LogP contribution in [-0.2, 0) is 25.7 Å². The van der Waals surface area contributed by atoms with E-state index < -0.39 is 0 Å². The van der Waals surface area contributed by atoms with Gasteiger partial charge in [0.15, 0.2) is 0 Å². The van der Waals surface area contributed by atoms with E-state index in [1.807, 2.05) is 68.0 Å². The maximum Gasteiger partial charge on any atom is 0.0972 e. The number of unbranched alkanes of at least 4 members (excludes halogenated alkanes) is 12. The van der Waals surface area contributed by atoms with Crippen LogP contribution >= 0.6 is 68.0 Å². The first-order valence-electron chi connectivity index (χ1n) is 25.9. The van der Waals surface area contributed by atoms with Crippen molar-refractivity contribution in [3.63, 3.8) is 0 Å². The van der Waals surface area contributed by atoms with Gasteiger partial charge in [0.05, 0.1) is 32.2 Å². The summed E-state index contributed by atoms with van der Waals surface area (Å²) < 4.78 is 0. The van der Waals surface area contributed by atoms with E-state index in [0.717, 1.165) is 46.0 Å². The van der Waals surface area contributed by atoms with Crippen LogP contribution < -0.4 is 0 Å². The standard InChI is InChI=1S/C60H68N2S6/c1-5-9-13-17-23-43-45(25-19-15-11-7-3)59(67-57(43)51-27-21-39-63-51)53-37-35-49(65-53)47-33-31-41-29-30-42-32-34-48(62-56(42)55(41)61-47)50-36-38-54(66-50)60-46(26-20-16-12-8-4)44(24-18-14-10-6-2)58(68-60)52-28-22-40-64-52/h21-22,27-40H,5-20,23-26H2,1-4H3. The number of fused-ring (bicyclic) bond motifs is 3. The highest BCUT2D eigenvalue weighted by Gasteiger charge is 2.24. The lowest BCUT2D eigenvalue weighted by Gasteiger charge is -2.09. The molecule has 8 heterocycles. The molecule has 0 atom stereocenters. The van der Waals surface area contributed by atoms with Crippen molar-refractivity contribution >= 4 is 89.8 Å². The van der Waals surface area contributed by atoms with Gasteiger partial charge in [0, 0.05) is 49.8 Å². The SMILES string of the molecule is CCCCCCc1c(-c2cccs2)sc(-c2ccc(-c3ccc4ccc5ccc(-c6ccc(-c7sc(-c8cccs8)c(CCCCCC)c7CCCCCC)s6)nc5c4n3)s2)c1CCCCCC. The molecule has 0 amide bonds. The minimum absolute atomic E-state index is 0.983. The summed E-state index contributed by atoms with van der Waals surface area (Å²) in [5, 5.41) is 6.76. The quantitative estimate of drug-likeness (QED) is 0.0399. The molecular formula is C60H68N2S6. The summed E-state index contributed by atoms with van der Waals surface area (Å²) in [6, 6.07) is 31.9. The number of hydrogen-bond acceptors (Lipinski definition) is 8. The van der Waals surface area contributed by atoms with Crippen molar-refractivity contribution in [3.05, 3.63) is 118 Å². The van der Waals surface area contributed by atoms with E-state index >= 15 is 0 Å². The average Bonchev–Trinajstić information content (AvgIpc) is 4.24. The minimum atomic E-state index is 0.983. The molecule has 0 bridgehead atoms. The van der Waals surface area contributed by atoms with Crippen molar-refractivity contribution in [3.8, 4) is 60.2 Å². The predicted octanol–water partition coefficient (Wildman–Crippen LogP) is 21.6. The van der Waals surface area contributed by atoms with Crippen molar-refractivity contribution in [2.24, 2.45) is 0 Å². The highest BCUT2D eigenvalue weighted by Crippen LogP contribution is 2.50. The van der Waals surface area contributed by atoms with Crippen molar-refractivity contribution in [1.29, 1.82) is 0 Å². The molecule has 0 aliphatic heterocycles. The van der Waals surface area contributed by atoms with Gasteiger partial charge in [-0.15, -0.1) is 68.0 Å². The van der Waals surface area contributed by atoms with Crippen LogP contribution in [-0.4, -0.2) is 9.97 Å². The molecule has 354 valence electrons. The molecule has 1 aromatic carbocycles. The summed E-state index contributed by atoms with van der Waals surface area (Å²) in [6.45, 7) is 9.27. The van der Waals surface area contributed by atoms with Gasteiger partial charge in [0.1, 0.15) is 0 Å². The van der Waals surface area contributed by atoms with Gasteiger partial charge in [-0.1, -0.05) is 141 Å². The maximum atomic E-state index is 5.47. The number of nitrogens with zero attached hydrogens (tertiary/aromatic N) is 2. The fourth-order valence-electron chi connectivity index (χ4n) is 9.82. The number of rotatable bonds is 26. The molecule has 0 spiro atoms. The van der Waals surface area contributed by atoms with E-state index in [4.69, 9.17) is 9.97 Å². The van der Waals surface area contributed by atoms with E-state index in [2.05, 4.69) is 123 Å². The van der Waals surface area contributed by atoms with Crippen molar-refractivity contribution in [2.75, 3.05) is 0 Å². The van der Waals surface area contributed by atoms with Gasteiger partial charge in [-0.3, -0.25) is 0 Å². The monoisotopic (exact) mass is 1010 g/mol. The van der Waals surface area contributed by atoms with E-state index in [0.29, 0.717) is 0 Å². The molecule has 68 heavy (non-hydrogen) atoms. The first-order chi connectivity index (χ1) is 33.6. The van der Waals surface area contributed by atoms with Crippen molar-refractivity contribution in [1.82, 2.24) is 9.97 Å². The largest absolute Gasteiger partial charge is 0.245 e. The Hall–Kier alpha value is -3.76. The first kappa shape index (κ1) is 49.2. The Morgan fingerprint density at radius 1 is 0.324 bits per heavy atom. The predicted molar refractivity (Wildman–Crippen MR) is 308 cm³/mol. The zero-order chi connectivity index (χ0) is 46.7. The summed E-state index contributed by atoms with van der Waals surface area (Å²) in [6.07, 6.45) is 25.3. The Balaban J connectivity index is 1.05. The van der Waals surface area contributed by atoms with E-state index in [1.165, 1.54) is 164 Å². The van der Waals surface area contributed by atoms with Crippen LogP contribution in [0.4, 0.5) is 0 Å². The number of hydrogen-bond donors (Lipinski definition) is 0. The Morgan fingerprint density at radius 2 is 0.662 bits per heavy atom. The number of aromatic nitrogens is 2. The minimum Gasteiger partial charge on any atom is -0.245 e. The Labute approximate surface area is 430 Å². The number of benzene rings is 1. The lowest BCUT2D eigenvalue weighted by atomic mass is 9.96. The lowest BCUT2D eigenvalue weighted by Crippen LogP contribution is -1.95. The molecule has 8 heteroatoms. The second-order valence-electron chi connectivity index (χ2n) is 18.6. The van der Waals surface area contributed by atoms with Crippen LogP contribution in [0.5, 0.6) is 0 Å². The van der Waals surface area contributed by atoms with Gasteiger partial charge in [-0.2, -0.15) is 0 Å². The molecule has 0 N–H and O–H groups in total. The highest BCUT2D eigenvalue weighted by molar-refractivity contribution is 7.28. The third kappa shape index (κ3) is 11.4. The van der Waals surface area contributed by atoms with Gasteiger partial charge in [-0.05, 0) is 133 Å². The zero-order valence-electron chi connectivity index (χ0n) is 40.7. The Bertz CT molecular complexity index is 2770. The summed E-state index contributed by atoms with van der Waals surface area (Å²) in [7, 11) is 0. The summed E-state index contributed by atoms with van der Waals surface area (Å²) >= 11 is 11.7. The molecule has 0 unspecified atom stereocenters. The van der Waals surface area contributed by atoms with E-state index in [-0.39, 0.29) is 0 Å². The fourth-order valence-corrected chi connectivity index (χ4v) is 16.6. The topological polar surface area (TPSA) is 25.8 Å². The van der Waals surface area contributed by atoms with Crippen LogP contribution in [0.3, 0.4) is 0 Å². The normalized spacial score (nSPS) is 11.8. The number of thiophene rings is 6. The summed E-state index contributed by atoms with van der Waals surface area (Å²) in [5.74, 6) is 0. The summed E-state index contributed by atoms with van der Waals surface area (Å²) in [4.78, 5) is 25.0. The molecule has 0 fully saturated rings. The van der Waals surface area contributed by atoms with Gasteiger partial charge >= 0.3 is 0 Å². The zero-order valence-corrected chi connectivity index (χ0v) is 45.6. The molecule has 2 nitrogen and oxygen atoms in total. The molecule has 0 aliphatic rings. The van der Waals surface area contributed by atoms with E-state index in [9.17, 15) is 0 Å². The number of pyridine rings is 2. The average molecular weight is 1010 g/mol. The second kappa shape index (κ2) is 24.4. The van der Waals surface area contributed by atoms with Crippen LogP contribution in [0.1, 0.15) is 153 Å². The van der Waals surface area contributed by atoms with Crippen LogP contribution in [0.15, 0.2) is 95.7 Å².